The summed E-state index contributed by atoms with van der Waals surface area (Å²) in [5.74, 6) is 0.0477. The number of aromatic amines is 1. The van der Waals surface area contributed by atoms with Gasteiger partial charge in [0.1, 0.15) is 0 Å². The highest BCUT2D eigenvalue weighted by molar-refractivity contribution is 5.94. The number of nitrogens with zero attached hydrogens (tertiary/aromatic N) is 3. The molecule has 3 heterocycles. The van der Waals surface area contributed by atoms with Gasteiger partial charge >= 0.3 is 0 Å². The third kappa shape index (κ3) is 4.75. The number of fused-ring (bicyclic) bond motifs is 1. The van der Waals surface area contributed by atoms with Crippen molar-refractivity contribution in [1.29, 1.82) is 0 Å². The molecular formula is C17H29ClN6O2. The lowest BCUT2D eigenvalue weighted by atomic mass is 10.1. The first kappa shape index (κ1) is 20.7. The van der Waals surface area contributed by atoms with Gasteiger partial charge in [0.15, 0.2) is 5.69 Å². The van der Waals surface area contributed by atoms with Crippen molar-refractivity contribution in [3.8, 4) is 0 Å². The van der Waals surface area contributed by atoms with Crippen LogP contribution in [0.3, 0.4) is 0 Å². The largest absolute Gasteiger partial charge is 0.353 e. The van der Waals surface area contributed by atoms with Gasteiger partial charge in [0.25, 0.3) is 5.91 Å². The molecule has 1 fully saturated rings. The van der Waals surface area contributed by atoms with E-state index in [1.165, 1.54) is 0 Å². The molecule has 0 aromatic carbocycles. The Morgan fingerprint density at radius 3 is 2.69 bits per heavy atom. The molecule has 9 heteroatoms. The van der Waals surface area contributed by atoms with E-state index in [4.69, 9.17) is 0 Å². The maximum atomic E-state index is 12.8. The minimum Gasteiger partial charge on any atom is -0.353 e. The maximum absolute atomic E-state index is 12.8. The number of halogens is 1. The second-order valence-electron chi connectivity index (χ2n) is 6.90. The number of piperazine rings is 1. The molecule has 1 atom stereocenters. The predicted octanol–water partition coefficient (Wildman–Crippen LogP) is 0.150. The number of hydrogen-bond donors (Lipinski definition) is 3. The second-order valence-corrected chi connectivity index (χ2v) is 6.90. The minimum atomic E-state index is -0.00935. The Kier molecular flexibility index (Phi) is 7.43. The molecule has 0 spiro atoms. The number of H-pyrrole nitrogens is 1. The molecule has 1 unspecified atom stereocenters. The third-order valence-electron chi connectivity index (χ3n) is 5.06. The van der Waals surface area contributed by atoms with Gasteiger partial charge in [0.05, 0.1) is 6.54 Å². The molecule has 0 saturated carbocycles. The van der Waals surface area contributed by atoms with Crippen molar-refractivity contribution >= 4 is 24.2 Å². The minimum absolute atomic E-state index is 0. The summed E-state index contributed by atoms with van der Waals surface area (Å²) < 4.78 is 0. The summed E-state index contributed by atoms with van der Waals surface area (Å²) in [6.07, 6.45) is 1.81. The highest BCUT2D eigenvalue weighted by atomic mass is 35.5. The van der Waals surface area contributed by atoms with E-state index >= 15 is 0 Å². The number of rotatable bonds is 5. The van der Waals surface area contributed by atoms with Gasteiger partial charge in [-0.1, -0.05) is 6.92 Å². The summed E-state index contributed by atoms with van der Waals surface area (Å²) in [5.41, 5.74) is 2.62. The van der Waals surface area contributed by atoms with Crippen molar-refractivity contribution in [2.75, 3.05) is 39.3 Å². The molecule has 1 aromatic heterocycles. The van der Waals surface area contributed by atoms with Crippen LogP contribution < -0.4 is 10.6 Å². The van der Waals surface area contributed by atoms with Crippen LogP contribution in [0.2, 0.25) is 0 Å². The topological polar surface area (TPSA) is 93.4 Å². The molecule has 0 radical (unpaired) electrons. The summed E-state index contributed by atoms with van der Waals surface area (Å²) in [7, 11) is 0. The molecular weight excluding hydrogens is 356 g/mol. The quantitative estimate of drug-likeness (QED) is 0.672. The van der Waals surface area contributed by atoms with Gasteiger partial charge in [0, 0.05) is 63.0 Å². The van der Waals surface area contributed by atoms with Crippen LogP contribution in [0.5, 0.6) is 0 Å². The van der Waals surface area contributed by atoms with E-state index in [2.05, 4.69) is 32.7 Å². The van der Waals surface area contributed by atoms with E-state index in [9.17, 15) is 9.59 Å². The van der Waals surface area contributed by atoms with Crippen LogP contribution in [0.1, 0.15) is 42.0 Å². The molecule has 2 aliphatic heterocycles. The smallest absolute Gasteiger partial charge is 0.274 e. The first-order chi connectivity index (χ1) is 12.1. The SMILES string of the molecule is CCC(C)NC(=O)CN1CCN(C(=O)c2n[nH]c3c2CNCC3)CC1.Cl. The van der Waals surface area contributed by atoms with Gasteiger partial charge in [-0.2, -0.15) is 5.10 Å². The summed E-state index contributed by atoms with van der Waals surface area (Å²) in [6.45, 7) is 8.76. The number of hydrogen-bond acceptors (Lipinski definition) is 5. The van der Waals surface area contributed by atoms with E-state index in [1.807, 2.05) is 11.8 Å². The van der Waals surface area contributed by atoms with Gasteiger partial charge in [-0.05, 0) is 13.3 Å². The lowest BCUT2D eigenvalue weighted by Gasteiger charge is -2.34. The summed E-state index contributed by atoms with van der Waals surface area (Å²) in [4.78, 5) is 28.7. The molecule has 2 amide bonds. The van der Waals surface area contributed by atoms with Gasteiger partial charge in [0.2, 0.25) is 5.91 Å². The Bertz CT molecular complexity index is 627. The number of amides is 2. The Hall–Kier alpha value is -1.64. The Morgan fingerprint density at radius 2 is 2.00 bits per heavy atom. The fraction of sp³-hybridized carbons (Fsp3) is 0.706. The predicted molar refractivity (Wildman–Crippen MR) is 101 cm³/mol. The lowest BCUT2D eigenvalue weighted by Crippen LogP contribution is -2.51. The lowest BCUT2D eigenvalue weighted by molar-refractivity contribution is -0.123. The number of carbonyl (C=O) groups excluding carboxylic acids is 2. The summed E-state index contributed by atoms with van der Waals surface area (Å²) in [5, 5.41) is 13.5. The van der Waals surface area contributed by atoms with Crippen LogP contribution in [0.25, 0.3) is 0 Å². The van der Waals surface area contributed by atoms with Crippen molar-refractivity contribution in [2.45, 2.75) is 39.3 Å². The zero-order chi connectivity index (χ0) is 17.8. The van der Waals surface area contributed by atoms with Crippen molar-refractivity contribution in [3.63, 3.8) is 0 Å². The summed E-state index contributed by atoms with van der Waals surface area (Å²) in [6, 6.07) is 0.204. The highest BCUT2D eigenvalue weighted by Gasteiger charge is 2.28. The van der Waals surface area contributed by atoms with E-state index in [-0.39, 0.29) is 30.3 Å². The first-order valence-electron chi connectivity index (χ1n) is 9.16. The van der Waals surface area contributed by atoms with E-state index in [0.29, 0.717) is 45.0 Å². The van der Waals surface area contributed by atoms with Gasteiger partial charge in [-0.3, -0.25) is 19.6 Å². The average Bonchev–Trinajstić information content (AvgIpc) is 3.05. The molecule has 3 rings (SSSR count). The molecule has 26 heavy (non-hydrogen) atoms. The van der Waals surface area contributed by atoms with Crippen molar-refractivity contribution < 1.29 is 9.59 Å². The van der Waals surface area contributed by atoms with Crippen molar-refractivity contribution in [2.24, 2.45) is 0 Å². The molecule has 8 nitrogen and oxygen atoms in total. The number of carbonyl (C=O) groups is 2. The first-order valence-corrected chi connectivity index (χ1v) is 9.16. The molecule has 0 aliphatic carbocycles. The Balaban J connectivity index is 0.00000243. The fourth-order valence-electron chi connectivity index (χ4n) is 3.29. The van der Waals surface area contributed by atoms with Gasteiger partial charge < -0.3 is 15.5 Å². The van der Waals surface area contributed by atoms with Gasteiger partial charge in [-0.15, -0.1) is 12.4 Å². The number of nitrogens with one attached hydrogen (secondary N) is 3. The third-order valence-corrected chi connectivity index (χ3v) is 5.06. The maximum Gasteiger partial charge on any atom is 0.274 e. The molecule has 1 aromatic rings. The number of aromatic nitrogens is 2. The second kappa shape index (κ2) is 9.34. The molecule has 146 valence electrons. The van der Waals surface area contributed by atoms with Crippen molar-refractivity contribution in [1.82, 2.24) is 30.6 Å². The van der Waals surface area contributed by atoms with Crippen LogP contribution in [-0.2, 0) is 17.8 Å². The normalized spacial score (nSPS) is 18.6. The average molecular weight is 385 g/mol. The van der Waals surface area contributed by atoms with E-state index in [0.717, 1.165) is 30.6 Å². The van der Waals surface area contributed by atoms with Crippen molar-refractivity contribution in [3.05, 3.63) is 17.0 Å². The van der Waals surface area contributed by atoms with Crippen LogP contribution in [0.15, 0.2) is 0 Å². The van der Waals surface area contributed by atoms with Crippen LogP contribution >= 0.6 is 12.4 Å². The van der Waals surface area contributed by atoms with Crippen LogP contribution in [-0.4, -0.2) is 77.1 Å². The van der Waals surface area contributed by atoms with E-state index < -0.39 is 0 Å². The zero-order valence-corrected chi connectivity index (χ0v) is 16.3. The standard InChI is InChI=1S/C17H28N6O2.ClH/c1-3-12(2)19-15(24)11-22-6-8-23(9-7-22)17(25)16-13-10-18-5-4-14(13)20-21-16;/h12,18H,3-11H2,1-2H3,(H,19,24)(H,20,21);1H. The Morgan fingerprint density at radius 1 is 1.27 bits per heavy atom. The van der Waals surface area contributed by atoms with Crippen LogP contribution in [0.4, 0.5) is 0 Å². The van der Waals surface area contributed by atoms with Gasteiger partial charge in [-0.25, -0.2) is 0 Å². The Labute approximate surface area is 160 Å². The van der Waals surface area contributed by atoms with E-state index in [1.54, 1.807) is 0 Å². The summed E-state index contributed by atoms with van der Waals surface area (Å²) >= 11 is 0. The molecule has 1 saturated heterocycles. The molecule has 2 aliphatic rings. The zero-order valence-electron chi connectivity index (χ0n) is 15.5. The highest BCUT2D eigenvalue weighted by Crippen LogP contribution is 2.17. The fourth-order valence-corrected chi connectivity index (χ4v) is 3.29. The van der Waals surface area contributed by atoms with Crippen LogP contribution in [0, 0.1) is 0 Å². The molecule has 0 bridgehead atoms. The monoisotopic (exact) mass is 384 g/mol. The molecule has 3 N–H and O–H groups in total.